The largest absolute Gasteiger partial charge is 1.00 e. The first-order valence-electron chi connectivity index (χ1n) is 15.5. The number of hydrogen-bond donors (Lipinski definition) is 0. The van der Waals surface area contributed by atoms with Crippen LogP contribution in [-0.2, 0) is 22.1 Å². The molecule has 0 N–H and O–H groups in total. The van der Waals surface area contributed by atoms with Crippen LogP contribution in [0.1, 0.15) is 82.7 Å². The molecule has 2 aromatic carbocycles. The highest BCUT2D eigenvalue weighted by Crippen LogP contribution is 2.50. The van der Waals surface area contributed by atoms with Crippen molar-refractivity contribution in [2.45, 2.75) is 83.9 Å². The fourth-order valence-corrected chi connectivity index (χ4v) is 7.75. The number of piperidine rings is 3. The molecule has 0 aliphatic carbocycles. The molecule has 1 aromatic heterocycles. The number of nitrogens with zero attached hydrogens (tertiary/aromatic N) is 2. The number of methoxy groups -OCH3 is 1. The molecule has 3 saturated heterocycles. The summed E-state index contributed by atoms with van der Waals surface area (Å²) in [5.74, 6) is 4.90. The molecule has 6 rings (SSSR count). The van der Waals surface area contributed by atoms with Gasteiger partial charge in [0, 0.05) is 47.0 Å². The highest BCUT2D eigenvalue weighted by Gasteiger charge is 2.54. The van der Waals surface area contributed by atoms with E-state index in [1.807, 2.05) is 13.3 Å². The fraction of sp³-hybridized carbons (Fsp3) is 0.500. The molecule has 3 aliphatic heterocycles. The Bertz CT molecular complexity index is 1450. The Morgan fingerprint density at radius 2 is 1.77 bits per heavy atom. The molecule has 0 spiro atoms. The van der Waals surface area contributed by atoms with Crippen LogP contribution < -0.4 is 21.7 Å². The number of aromatic nitrogens is 1. The van der Waals surface area contributed by atoms with Gasteiger partial charge in [-0.25, -0.2) is 0 Å². The Hall–Kier alpha value is -2.65. The molecule has 3 aromatic rings. The summed E-state index contributed by atoms with van der Waals surface area (Å²) < 4.78 is 13.8. The second-order valence-corrected chi connectivity index (χ2v) is 14.6. The Morgan fingerprint density at radius 3 is 2.37 bits per heavy atom. The zero-order valence-corrected chi connectivity index (χ0v) is 28.7. The molecule has 0 amide bonds. The maximum Gasteiger partial charge on any atom is 0.136 e. The number of pyridine rings is 1. The predicted molar refractivity (Wildman–Crippen MR) is 174 cm³/mol. The highest BCUT2D eigenvalue weighted by molar-refractivity contribution is 5.82. The van der Waals surface area contributed by atoms with Crippen LogP contribution in [0, 0.1) is 24.2 Å². The number of quaternary nitrogens is 1. The lowest BCUT2D eigenvalue weighted by Gasteiger charge is -2.58. The molecule has 230 valence electrons. The third-order valence-corrected chi connectivity index (χ3v) is 9.83. The van der Waals surface area contributed by atoms with Crippen molar-refractivity contribution in [2.24, 2.45) is 11.8 Å². The summed E-state index contributed by atoms with van der Waals surface area (Å²) in [5, 5.41) is 1.15. The van der Waals surface area contributed by atoms with Gasteiger partial charge in [0.1, 0.15) is 31.0 Å². The SMILES string of the molecule is C#CCO[C@@H](c1ccnc2ccccc12)[C@H]1C[C@@H]2CC[N+]1(Cc1cc(C(C)(C)C)c(OC)c(C(C)(C)C)c1)C[C@@H]2C=C.[Br-]. The second kappa shape index (κ2) is 12.8. The van der Waals surface area contributed by atoms with Gasteiger partial charge < -0.3 is 30.9 Å². The highest BCUT2D eigenvalue weighted by atomic mass is 79.9. The van der Waals surface area contributed by atoms with E-state index in [4.69, 9.17) is 15.9 Å². The Morgan fingerprint density at radius 1 is 1.09 bits per heavy atom. The van der Waals surface area contributed by atoms with Gasteiger partial charge >= 0.3 is 0 Å². The molecule has 4 heterocycles. The minimum Gasteiger partial charge on any atom is -1.00 e. The molecule has 0 radical (unpaired) electrons. The lowest BCUT2D eigenvalue weighted by molar-refractivity contribution is -0.985. The van der Waals surface area contributed by atoms with Gasteiger partial charge in [0.15, 0.2) is 0 Å². The molecule has 1 unspecified atom stereocenters. The average Bonchev–Trinajstić information content (AvgIpc) is 2.96. The second-order valence-electron chi connectivity index (χ2n) is 14.6. The predicted octanol–water partition coefficient (Wildman–Crippen LogP) is 5.14. The Kier molecular flexibility index (Phi) is 9.86. The summed E-state index contributed by atoms with van der Waals surface area (Å²) >= 11 is 0. The van der Waals surface area contributed by atoms with Crippen molar-refractivity contribution in [3.8, 4) is 18.1 Å². The first kappa shape index (κ1) is 33.2. The van der Waals surface area contributed by atoms with Crippen molar-refractivity contribution in [1.82, 2.24) is 4.98 Å². The molecule has 3 fully saturated rings. The summed E-state index contributed by atoms with van der Waals surface area (Å²) in [6.45, 7) is 21.4. The van der Waals surface area contributed by atoms with E-state index in [1.54, 1.807) is 0 Å². The third-order valence-electron chi connectivity index (χ3n) is 9.83. The van der Waals surface area contributed by atoms with E-state index in [1.165, 1.54) is 28.7 Å². The normalized spacial score (nSPS) is 24.2. The molecular formula is C38H49BrN2O2. The minimum atomic E-state index is -0.120. The number of fused-ring (bicyclic) bond motifs is 4. The zero-order valence-electron chi connectivity index (χ0n) is 27.1. The monoisotopic (exact) mass is 644 g/mol. The average molecular weight is 646 g/mol. The van der Waals surface area contributed by atoms with Gasteiger partial charge in [-0.3, -0.25) is 4.98 Å². The van der Waals surface area contributed by atoms with Crippen molar-refractivity contribution < 1.29 is 30.9 Å². The molecule has 5 heteroatoms. The standard InChI is InChI=1S/C38H49N2O2.BrH/c1-10-20-42-35(30-16-18-39-33-15-13-12-14-29(30)33)34-23-28-17-19-40(34,25-27(28)11-2)24-26-21-31(37(3,4)5)36(41-9)32(22-26)38(6,7)8;/h1,11-16,18,21-22,27-28,34-35H,2,17,19-20,23-25H2,3-9H3;1H/q+1;/p-1/t27-,28-,34+,35-,40?;/m0./s1. The van der Waals surface area contributed by atoms with Crippen LogP contribution in [-0.4, -0.2) is 42.3 Å². The lowest BCUT2D eigenvalue weighted by Crippen LogP contribution is -3.00. The zero-order chi connectivity index (χ0) is 30.3. The summed E-state index contributed by atoms with van der Waals surface area (Å²) in [4.78, 5) is 4.66. The number of ether oxygens (including phenoxy) is 2. The maximum atomic E-state index is 6.68. The van der Waals surface area contributed by atoms with E-state index in [2.05, 4.69) is 108 Å². The first-order chi connectivity index (χ1) is 19.9. The van der Waals surface area contributed by atoms with Gasteiger partial charge in [0.25, 0.3) is 0 Å². The van der Waals surface area contributed by atoms with Gasteiger partial charge in [-0.05, 0) is 46.6 Å². The van der Waals surface area contributed by atoms with Crippen molar-refractivity contribution in [1.29, 1.82) is 0 Å². The van der Waals surface area contributed by atoms with Gasteiger partial charge in [0.05, 0.1) is 25.7 Å². The van der Waals surface area contributed by atoms with E-state index in [-0.39, 0.29) is 46.6 Å². The topological polar surface area (TPSA) is 31.4 Å². The smallest absolute Gasteiger partial charge is 0.136 e. The summed E-state index contributed by atoms with van der Waals surface area (Å²) in [5.41, 5.74) is 6.01. The molecule has 0 saturated carbocycles. The van der Waals surface area contributed by atoms with Crippen LogP contribution in [0.2, 0.25) is 0 Å². The number of rotatable bonds is 8. The fourth-order valence-electron chi connectivity index (χ4n) is 7.75. The molecular weight excluding hydrogens is 596 g/mol. The number of hydrogen-bond acceptors (Lipinski definition) is 3. The van der Waals surface area contributed by atoms with E-state index >= 15 is 0 Å². The van der Waals surface area contributed by atoms with E-state index in [0.29, 0.717) is 11.8 Å². The van der Waals surface area contributed by atoms with Crippen LogP contribution in [0.3, 0.4) is 0 Å². The van der Waals surface area contributed by atoms with Crippen molar-refractivity contribution in [3.05, 3.63) is 83.6 Å². The van der Waals surface area contributed by atoms with E-state index in [9.17, 15) is 0 Å². The lowest BCUT2D eigenvalue weighted by atomic mass is 9.70. The third kappa shape index (κ3) is 6.44. The van der Waals surface area contributed by atoms with Gasteiger partial charge in [-0.15, -0.1) is 13.0 Å². The van der Waals surface area contributed by atoms with E-state index in [0.717, 1.165) is 47.2 Å². The summed E-state index contributed by atoms with van der Waals surface area (Å²) in [7, 11) is 1.81. The number of benzene rings is 2. The maximum absolute atomic E-state index is 6.68. The molecule has 4 nitrogen and oxygen atoms in total. The van der Waals surface area contributed by atoms with Crippen LogP contribution in [0.4, 0.5) is 0 Å². The van der Waals surface area contributed by atoms with Crippen LogP contribution in [0.25, 0.3) is 10.9 Å². The molecule has 2 bridgehead atoms. The number of halogens is 1. The number of para-hydroxylation sites is 1. The Balaban J connectivity index is 0.00000423. The first-order valence-corrected chi connectivity index (χ1v) is 15.5. The van der Waals surface area contributed by atoms with Gasteiger partial charge in [-0.1, -0.05) is 71.7 Å². The Labute approximate surface area is 270 Å². The molecule has 3 aliphatic rings. The minimum absolute atomic E-state index is 0. The van der Waals surface area contributed by atoms with Gasteiger partial charge in [0.2, 0.25) is 0 Å². The van der Waals surface area contributed by atoms with E-state index < -0.39 is 0 Å². The van der Waals surface area contributed by atoms with Crippen LogP contribution in [0.15, 0.2) is 61.3 Å². The number of terminal acetylenes is 1. The van der Waals surface area contributed by atoms with Crippen molar-refractivity contribution in [3.63, 3.8) is 0 Å². The van der Waals surface area contributed by atoms with Crippen LogP contribution in [0.5, 0.6) is 5.75 Å². The van der Waals surface area contributed by atoms with Crippen molar-refractivity contribution >= 4 is 10.9 Å². The summed E-state index contributed by atoms with van der Waals surface area (Å²) in [6, 6.07) is 15.7. The quantitative estimate of drug-likeness (QED) is 0.193. The molecule has 43 heavy (non-hydrogen) atoms. The summed E-state index contributed by atoms with van der Waals surface area (Å²) in [6.07, 6.45) is 12.1. The van der Waals surface area contributed by atoms with Crippen molar-refractivity contribution in [2.75, 3.05) is 26.8 Å². The van der Waals surface area contributed by atoms with Crippen LogP contribution >= 0.6 is 0 Å². The van der Waals surface area contributed by atoms with Gasteiger partial charge in [-0.2, -0.15) is 0 Å². The molecule has 5 atom stereocenters.